The van der Waals surface area contributed by atoms with Crippen molar-refractivity contribution in [2.45, 2.75) is 18.7 Å². The van der Waals surface area contributed by atoms with Gasteiger partial charge < -0.3 is 0 Å². The minimum atomic E-state index is -3.96. The van der Waals surface area contributed by atoms with Crippen LogP contribution in [-0.4, -0.2) is 18.3 Å². The second kappa shape index (κ2) is 7.51. The molecule has 7 nitrogen and oxygen atoms in total. The van der Waals surface area contributed by atoms with Crippen LogP contribution in [0.5, 0.6) is 0 Å². The summed E-state index contributed by atoms with van der Waals surface area (Å²) in [4.78, 5) is 15.0. The number of nitro benzene ring substituents is 1. The van der Waals surface area contributed by atoms with Crippen LogP contribution in [0.4, 0.5) is 11.4 Å². The van der Waals surface area contributed by atoms with Crippen molar-refractivity contribution < 1.29 is 13.3 Å². The monoisotopic (exact) mass is 439 g/mol. The number of fused-ring (bicyclic) bond motifs is 1. The Morgan fingerprint density at radius 1 is 1.00 bits per heavy atom. The van der Waals surface area contributed by atoms with E-state index in [2.05, 4.69) is 15.8 Å². The Morgan fingerprint density at radius 3 is 2.43 bits per heavy atom. The molecule has 0 radical (unpaired) electrons. The molecule has 3 aromatic carbocycles. The van der Waals surface area contributed by atoms with E-state index in [9.17, 15) is 18.5 Å². The summed E-state index contributed by atoms with van der Waals surface area (Å²) in [5.41, 5.74) is 3.49. The van der Waals surface area contributed by atoms with E-state index >= 15 is 0 Å². The van der Waals surface area contributed by atoms with Gasteiger partial charge in [-0.3, -0.25) is 14.8 Å². The van der Waals surface area contributed by atoms with Gasteiger partial charge in [-0.15, -0.1) is 11.3 Å². The standard InChI is InChI=1S/C21H17N3O4S2/c1-13-3-10-18-20(11-13)29-21(22-18)15-5-7-16(8-6-15)23-30(27,28)17-9-4-14(2)19(12-17)24(25)26/h3-12,23H,1-2H3. The molecule has 4 aromatic rings. The fraction of sp³-hybridized carbons (Fsp3) is 0.0952. The van der Waals surface area contributed by atoms with Crippen LogP contribution in [0.2, 0.25) is 0 Å². The van der Waals surface area contributed by atoms with Crippen LogP contribution in [0.1, 0.15) is 11.1 Å². The smallest absolute Gasteiger partial charge is 0.273 e. The number of aryl methyl sites for hydroxylation is 2. The highest BCUT2D eigenvalue weighted by Crippen LogP contribution is 2.31. The summed E-state index contributed by atoms with van der Waals surface area (Å²) in [6.07, 6.45) is 0. The molecule has 1 N–H and O–H groups in total. The van der Waals surface area contributed by atoms with Crippen molar-refractivity contribution in [3.05, 3.63) is 81.9 Å². The van der Waals surface area contributed by atoms with Crippen molar-refractivity contribution >= 4 is 43.0 Å². The summed E-state index contributed by atoms with van der Waals surface area (Å²) >= 11 is 1.57. The predicted molar refractivity (Wildman–Crippen MR) is 118 cm³/mol. The molecule has 0 aliphatic rings. The van der Waals surface area contributed by atoms with Crippen LogP contribution in [0, 0.1) is 24.0 Å². The maximum atomic E-state index is 12.6. The van der Waals surface area contributed by atoms with Crippen LogP contribution in [0.25, 0.3) is 20.8 Å². The van der Waals surface area contributed by atoms with E-state index in [1.54, 1.807) is 42.5 Å². The summed E-state index contributed by atoms with van der Waals surface area (Å²) in [6.45, 7) is 3.59. The zero-order chi connectivity index (χ0) is 21.5. The third kappa shape index (κ3) is 3.89. The first-order valence-corrected chi connectivity index (χ1v) is 11.3. The number of rotatable bonds is 5. The van der Waals surface area contributed by atoms with Crippen molar-refractivity contribution in [3.8, 4) is 10.6 Å². The molecule has 0 fully saturated rings. The normalized spacial score (nSPS) is 11.5. The molecule has 1 heterocycles. The van der Waals surface area contributed by atoms with E-state index in [1.807, 2.05) is 19.1 Å². The summed E-state index contributed by atoms with van der Waals surface area (Å²) < 4.78 is 28.9. The maximum absolute atomic E-state index is 12.6. The first kappa shape index (κ1) is 20.0. The number of sulfonamides is 1. The number of nitrogens with zero attached hydrogens (tertiary/aromatic N) is 2. The topological polar surface area (TPSA) is 102 Å². The van der Waals surface area contributed by atoms with E-state index in [4.69, 9.17) is 0 Å². The Morgan fingerprint density at radius 2 is 1.73 bits per heavy atom. The Bertz CT molecular complexity index is 1380. The molecule has 9 heteroatoms. The van der Waals surface area contributed by atoms with Gasteiger partial charge in [0.05, 0.1) is 20.0 Å². The van der Waals surface area contributed by atoms with Gasteiger partial charge in [0.25, 0.3) is 15.7 Å². The van der Waals surface area contributed by atoms with Gasteiger partial charge in [0, 0.05) is 22.9 Å². The lowest BCUT2D eigenvalue weighted by molar-refractivity contribution is -0.385. The van der Waals surface area contributed by atoms with Gasteiger partial charge in [0.1, 0.15) is 5.01 Å². The number of hydrogen-bond acceptors (Lipinski definition) is 6. The van der Waals surface area contributed by atoms with Gasteiger partial charge in [0.2, 0.25) is 0 Å². The van der Waals surface area contributed by atoms with E-state index in [1.165, 1.54) is 17.7 Å². The molecule has 0 atom stereocenters. The molecular formula is C21H17N3O4S2. The largest absolute Gasteiger partial charge is 0.280 e. The van der Waals surface area contributed by atoms with Crippen molar-refractivity contribution in [2.24, 2.45) is 0 Å². The molecule has 0 aliphatic heterocycles. The highest BCUT2D eigenvalue weighted by atomic mass is 32.2. The summed E-state index contributed by atoms with van der Waals surface area (Å²) in [5.74, 6) is 0. The lowest BCUT2D eigenvalue weighted by Gasteiger charge is -2.09. The van der Waals surface area contributed by atoms with Crippen LogP contribution in [0.3, 0.4) is 0 Å². The zero-order valence-electron chi connectivity index (χ0n) is 16.1. The van der Waals surface area contributed by atoms with Gasteiger partial charge in [0.15, 0.2) is 0 Å². The van der Waals surface area contributed by atoms with Crippen molar-refractivity contribution in [2.75, 3.05) is 4.72 Å². The lowest BCUT2D eigenvalue weighted by Crippen LogP contribution is -2.13. The summed E-state index contributed by atoms with van der Waals surface area (Å²) in [5, 5.41) is 11.9. The molecule has 0 spiro atoms. The number of anilines is 1. The van der Waals surface area contributed by atoms with Crippen LogP contribution < -0.4 is 4.72 Å². The summed E-state index contributed by atoms with van der Waals surface area (Å²) in [7, 11) is -3.96. The number of benzene rings is 3. The minimum Gasteiger partial charge on any atom is -0.280 e. The predicted octanol–water partition coefficient (Wildman–Crippen LogP) is 5.29. The van der Waals surface area contributed by atoms with Crippen molar-refractivity contribution in [1.29, 1.82) is 0 Å². The fourth-order valence-corrected chi connectivity index (χ4v) is 5.15. The third-order valence-corrected chi connectivity index (χ3v) is 7.06. The molecule has 0 unspecified atom stereocenters. The molecule has 0 saturated heterocycles. The van der Waals surface area contributed by atoms with E-state index in [0.717, 1.165) is 26.9 Å². The van der Waals surface area contributed by atoms with Crippen LogP contribution in [-0.2, 0) is 10.0 Å². The summed E-state index contributed by atoms with van der Waals surface area (Å²) in [6, 6.07) is 16.8. The van der Waals surface area contributed by atoms with Crippen molar-refractivity contribution in [3.63, 3.8) is 0 Å². The molecule has 0 amide bonds. The molecule has 0 saturated carbocycles. The average molecular weight is 440 g/mol. The number of aromatic nitrogens is 1. The van der Waals surface area contributed by atoms with Gasteiger partial charge in [-0.1, -0.05) is 12.1 Å². The third-order valence-electron chi connectivity index (χ3n) is 4.62. The number of thiazole rings is 1. The quantitative estimate of drug-likeness (QED) is 0.336. The highest BCUT2D eigenvalue weighted by molar-refractivity contribution is 7.92. The zero-order valence-corrected chi connectivity index (χ0v) is 17.8. The molecule has 4 rings (SSSR count). The minimum absolute atomic E-state index is 0.162. The first-order chi connectivity index (χ1) is 14.2. The molecule has 152 valence electrons. The van der Waals surface area contributed by atoms with Crippen molar-refractivity contribution in [1.82, 2.24) is 4.98 Å². The Labute approximate surface area is 177 Å². The second-order valence-electron chi connectivity index (χ2n) is 6.88. The molecular weight excluding hydrogens is 422 g/mol. The number of nitrogens with one attached hydrogen (secondary N) is 1. The SMILES string of the molecule is Cc1ccc2nc(-c3ccc(NS(=O)(=O)c4ccc(C)c([N+](=O)[O-])c4)cc3)sc2c1. The first-order valence-electron chi connectivity index (χ1n) is 8.98. The van der Waals surface area contributed by atoms with Gasteiger partial charge >= 0.3 is 0 Å². The Balaban J connectivity index is 1.59. The lowest BCUT2D eigenvalue weighted by atomic mass is 10.2. The molecule has 0 aliphatic carbocycles. The van der Waals surface area contributed by atoms with Crippen LogP contribution >= 0.6 is 11.3 Å². The maximum Gasteiger partial charge on any atom is 0.273 e. The highest BCUT2D eigenvalue weighted by Gasteiger charge is 2.20. The number of hydrogen-bond donors (Lipinski definition) is 1. The molecule has 0 bridgehead atoms. The Hall–Kier alpha value is -3.30. The molecule has 1 aromatic heterocycles. The van der Waals surface area contributed by atoms with E-state index in [-0.39, 0.29) is 10.6 Å². The van der Waals surface area contributed by atoms with Gasteiger partial charge in [-0.25, -0.2) is 13.4 Å². The second-order valence-corrected chi connectivity index (χ2v) is 9.59. The molecule has 30 heavy (non-hydrogen) atoms. The Kier molecular flexibility index (Phi) is 5.00. The van der Waals surface area contributed by atoms with E-state index < -0.39 is 14.9 Å². The fourth-order valence-electron chi connectivity index (χ4n) is 3.00. The van der Waals surface area contributed by atoms with Gasteiger partial charge in [-0.2, -0.15) is 0 Å². The van der Waals surface area contributed by atoms with Gasteiger partial charge in [-0.05, 0) is 61.9 Å². The average Bonchev–Trinajstić information content (AvgIpc) is 3.11. The number of nitro groups is 1. The van der Waals surface area contributed by atoms with Crippen LogP contribution in [0.15, 0.2) is 65.6 Å². The van der Waals surface area contributed by atoms with E-state index in [0.29, 0.717) is 11.3 Å².